The van der Waals surface area contributed by atoms with Gasteiger partial charge in [0.1, 0.15) is 0 Å². The predicted octanol–water partition coefficient (Wildman–Crippen LogP) is 2.69. The van der Waals surface area contributed by atoms with Gasteiger partial charge in [-0.05, 0) is 25.3 Å². The number of carboxylic acids is 1. The molecule has 0 bridgehead atoms. The molecule has 0 saturated heterocycles. The normalized spacial score (nSPS) is 21.0. The van der Waals surface area contributed by atoms with Crippen molar-refractivity contribution in [1.29, 1.82) is 0 Å². The maximum absolute atomic E-state index is 12.1. The molecule has 112 valence electrons. The number of rotatable bonds is 4. The summed E-state index contributed by atoms with van der Waals surface area (Å²) in [6, 6.07) is 3.77. The minimum Gasteiger partial charge on any atom is -0.481 e. The van der Waals surface area contributed by atoms with E-state index in [1.807, 2.05) is 0 Å². The van der Waals surface area contributed by atoms with Crippen LogP contribution in [0.3, 0.4) is 0 Å². The van der Waals surface area contributed by atoms with Crippen molar-refractivity contribution in [3.63, 3.8) is 0 Å². The van der Waals surface area contributed by atoms with E-state index in [1.165, 1.54) is 12.1 Å². The summed E-state index contributed by atoms with van der Waals surface area (Å²) >= 11 is 5.89. The molecule has 2 unspecified atom stereocenters. The van der Waals surface area contributed by atoms with Gasteiger partial charge in [0, 0.05) is 18.1 Å². The molecular weight excluding hydrogens is 300 g/mol. The highest BCUT2D eigenvalue weighted by molar-refractivity contribution is 6.34. The standard InChI is InChI=1S/C13H13ClN2O5/c14-10-6-9(16(20)21)3-4-11(10)15-12(17)7-1-2-8(5-7)13(18)19/h3-4,6-8H,1-2,5H2,(H,15,17)(H,18,19). The van der Waals surface area contributed by atoms with Gasteiger partial charge in [0.25, 0.3) is 5.69 Å². The van der Waals surface area contributed by atoms with E-state index >= 15 is 0 Å². The second-order valence-electron chi connectivity index (χ2n) is 4.96. The number of nitro benzene ring substituents is 1. The molecule has 1 saturated carbocycles. The zero-order valence-corrected chi connectivity index (χ0v) is 11.7. The van der Waals surface area contributed by atoms with Crippen LogP contribution in [0, 0.1) is 22.0 Å². The van der Waals surface area contributed by atoms with Crippen LogP contribution in [-0.4, -0.2) is 21.9 Å². The molecule has 2 N–H and O–H groups in total. The molecule has 0 aliphatic heterocycles. The smallest absolute Gasteiger partial charge is 0.306 e. The maximum Gasteiger partial charge on any atom is 0.306 e. The number of anilines is 1. The van der Waals surface area contributed by atoms with Crippen LogP contribution >= 0.6 is 11.6 Å². The Balaban J connectivity index is 2.03. The maximum atomic E-state index is 12.1. The van der Waals surface area contributed by atoms with Crippen molar-refractivity contribution in [3.8, 4) is 0 Å². The van der Waals surface area contributed by atoms with E-state index < -0.39 is 16.8 Å². The van der Waals surface area contributed by atoms with Crippen molar-refractivity contribution >= 4 is 34.9 Å². The molecule has 1 aromatic carbocycles. The van der Waals surface area contributed by atoms with Gasteiger partial charge in [0.15, 0.2) is 0 Å². The summed E-state index contributed by atoms with van der Waals surface area (Å²) in [5.74, 6) is -2.07. The summed E-state index contributed by atoms with van der Waals surface area (Å²) in [4.78, 5) is 32.9. The monoisotopic (exact) mass is 312 g/mol. The van der Waals surface area contributed by atoms with Crippen LogP contribution in [0.5, 0.6) is 0 Å². The van der Waals surface area contributed by atoms with Crippen molar-refractivity contribution in [2.45, 2.75) is 19.3 Å². The molecule has 1 amide bonds. The van der Waals surface area contributed by atoms with Gasteiger partial charge in [0.05, 0.1) is 21.6 Å². The molecule has 8 heteroatoms. The number of hydrogen-bond donors (Lipinski definition) is 2. The lowest BCUT2D eigenvalue weighted by molar-refractivity contribution is -0.384. The van der Waals surface area contributed by atoms with Gasteiger partial charge in [-0.1, -0.05) is 11.6 Å². The number of nitro groups is 1. The fourth-order valence-electron chi connectivity index (χ4n) is 2.40. The van der Waals surface area contributed by atoms with Crippen LogP contribution in [0.2, 0.25) is 5.02 Å². The van der Waals surface area contributed by atoms with Crippen LogP contribution in [0.15, 0.2) is 18.2 Å². The molecule has 2 atom stereocenters. The SMILES string of the molecule is O=C(O)C1CCC(C(=O)Nc2ccc([N+](=O)[O-])cc2Cl)C1. The van der Waals surface area contributed by atoms with Crippen molar-refractivity contribution in [1.82, 2.24) is 0 Å². The Bertz CT molecular complexity index is 604. The molecule has 1 aliphatic carbocycles. The Kier molecular flexibility index (Phi) is 4.42. The number of hydrogen-bond acceptors (Lipinski definition) is 4. The molecule has 0 heterocycles. The van der Waals surface area contributed by atoms with Gasteiger partial charge in [-0.2, -0.15) is 0 Å². The summed E-state index contributed by atoms with van der Waals surface area (Å²) in [5.41, 5.74) is 0.121. The highest BCUT2D eigenvalue weighted by Crippen LogP contribution is 2.33. The highest BCUT2D eigenvalue weighted by Gasteiger charge is 2.34. The quantitative estimate of drug-likeness (QED) is 0.656. The molecule has 7 nitrogen and oxygen atoms in total. The molecule has 21 heavy (non-hydrogen) atoms. The van der Waals surface area contributed by atoms with E-state index in [4.69, 9.17) is 16.7 Å². The van der Waals surface area contributed by atoms with Crippen LogP contribution in [-0.2, 0) is 9.59 Å². The van der Waals surface area contributed by atoms with Crippen molar-refractivity contribution < 1.29 is 19.6 Å². The Morgan fingerprint density at radius 3 is 2.52 bits per heavy atom. The van der Waals surface area contributed by atoms with Crippen molar-refractivity contribution in [3.05, 3.63) is 33.3 Å². The third-order valence-corrected chi connectivity index (χ3v) is 3.89. The number of carboxylic acid groups (broad SMARTS) is 1. The van der Waals surface area contributed by atoms with E-state index in [0.717, 1.165) is 6.07 Å². The molecule has 2 rings (SSSR count). The average Bonchev–Trinajstić information content (AvgIpc) is 2.90. The van der Waals surface area contributed by atoms with Crippen molar-refractivity contribution in [2.24, 2.45) is 11.8 Å². The van der Waals surface area contributed by atoms with E-state index in [9.17, 15) is 19.7 Å². The van der Waals surface area contributed by atoms with Crippen molar-refractivity contribution in [2.75, 3.05) is 5.32 Å². The van der Waals surface area contributed by atoms with Crippen LogP contribution < -0.4 is 5.32 Å². The first kappa shape index (κ1) is 15.2. The number of benzene rings is 1. The number of nitrogens with zero attached hydrogens (tertiary/aromatic N) is 1. The third kappa shape index (κ3) is 3.49. The molecule has 0 spiro atoms. The fourth-order valence-corrected chi connectivity index (χ4v) is 2.62. The molecular formula is C13H13ClN2O5. The van der Waals surface area contributed by atoms with Gasteiger partial charge >= 0.3 is 5.97 Å². The first-order chi connectivity index (χ1) is 9.88. The predicted molar refractivity (Wildman–Crippen MR) is 75.2 cm³/mol. The van der Waals surface area contributed by atoms with Gasteiger partial charge in [-0.25, -0.2) is 0 Å². The minimum atomic E-state index is -0.890. The van der Waals surface area contributed by atoms with E-state index in [-0.39, 0.29) is 28.2 Å². The summed E-state index contributed by atoms with van der Waals surface area (Å²) in [7, 11) is 0. The lowest BCUT2D eigenvalue weighted by Crippen LogP contribution is -2.21. The number of aliphatic carboxylic acids is 1. The number of amides is 1. The zero-order valence-electron chi connectivity index (χ0n) is 10.9. The summed E-state index contributed by atoms with van der Waals surface area (Å²) in [5, 5.41) is 22.2. The first-order valence-corrected chi connectivity index (χ1v) is 6.74. The number of carbonyl (C=O) groups excluding carboxylic acids is 1. The third-order valence-electron chi connectivity index (χ3n) is 3.57. The average molecular weight is 313 g/mol. The summed E-state index contributed by atoms with van der Waals surface area (Å²) in [6.07, 6.45) is 1.28. The Morgan fingerprint density at radius 1 is 1.33 bits per heavy atom. The molecule has 1 aromatic rings. The Hall–Kier alpha value is -2.15. The van der Waals surface area contributed by atoms with Gasteiger partial charge < -0.3 is 10.4 Å². The lowest BCUT2D eigenvalue weighted by atomic mass is 10.0. The summed E-state index contributed by atoms with van der Waals surface area (Å²) in [6.45, 7) is 0. The van der Waals surface area contributed by atoms with E-state index in [0.29, 0.717) is 19.3 Å². The number of halogens is 1. The lowest BCUT2D eigenvalue weighted by Gasteiger charge is -2.11. The largest absolute Gasteiger partial charge is 0.481 e. The molecule has 0 radical (unpaired) electrons. The first-order valence-electron chi connectivity index (χ1n) is 6.36. The van der Waals surface area contributed by atoms with Gasteiger partial charge in [-0.3, -0.25) is 19.7 Å². The van der Waals surface area contributed by atoms with Gasteiger partial charge in [-0.15, -0.1) is 0 Å². The number of nitrogens with one attached hydrogen (secondary N) is 1. The zero-order chi connectivity index (χ0) is 15.6. The highest BCUT2D eigenvalue weighted by atomic mass is 35.5. The molecule has 1 aliphatic rings. The van der Waals surface area contributed by atoms with Crippen LogP contribution in [0.1, 0.15) is 19.3 Å². The second kappa shape index (κ2) is 6.09. The Labute approximate surface area is 125 Å². The van der Waals surface area contributed by atoms with E-state index in [1.54, 1.807) is 0 Å². The minimum absolute atomic E-state index is 0.0744. The summed E-state index contributed by atoms with van der Waals surface area (Å²) < 4.78 is 0. The molecule has 1 fully saturated rings. The van der Waals surface area contributed by atoms with Crippen LogP contribution in [0.4, 0.5) is 11.4 Å². The molecule has 0 aromatic heterocycles. The Morgan fingerprint density at radius 2 is 2.00 bits per heavy atom. The van der Waals surface area contributed by atoms with E-state index in [2.05, 4.69) is 5.32 Å². The van der Waals surface area contributed by atoms with Gasteiger partial charge in [0.2, 0.25) is 5.91 Å². The van der Waals surface area contributed by atoms with Crippen LogP contribution in [0.25, 0.3) is 0 Å². The topological polar surface area (TPSA) is 110 Å². The number of carbonyl (C=O) groups is 2. The number of non-ortho nitro benzene ring substituents is 1. The fraction of sp³-hybridized carbons (Fsp3) is 0.385. The second-order valence-corrected chi connectivity index (χ2v) is 5.36.